The molecule has 0 aliphatic carbocycles. The minimum atomic E-state index is -0.288. The molecule has 0 spiro atoms. The van der Waals surface area contributed by atoms with Crippen LogP contribution >= 0.6 is 11.3 Å². The molecule has 3 aromatic carbocycles. The van der Waals surface area contributed by atoms with E-state index >= 15 is 0 Å². The molecule has 1 aliphatic rings. The number of aromatic nitrogens is 1. The molecule has 5 rings (SSSR count). The summed E-state index contributed by atoms with van der Waals surface area (Å²) in [7, 11) is 2.19. The maximum atomic E-state index is 2.45. The molecule has 0 unspecified atom stereocenters. The second-order valence-electron chi connectivity index (χ2n) is 6.81. The van der Waals surface area contributed by atoms with Crippen LogP contribution in [0.4, 0.5) is 5.69 Å². The van der Waals surface area contributed by atoms with Crippen LogP contribution in [0.1, 0.15) is 11.9 Å². The van der Waals surface area contributed by atoms with Crippen LogP contribution in [0, 0.1) is 0 Å². The molecule has 0 bridgehead atoms. The molecule has 0 saturated carbocycles. The monoisotopic (exact) mass is 499 g/mol. The van der Waals surface area contributed by atoms with Crippen LogP contribution in [-0.2, 0) is 6.54 Å². The average molecular weight is 497 g/mol. The standard InChI is InChI=1S/C24H21N2STe/c1-3-26-22(27-20-16-15-17-9-4-5-10-18(17)24(20)26)13-8-14-23-25(2)19-11-6-7-12-21(19)28-23/h4-16H,3H2,1-2H3/q+1. The molecule has 1 aromatic heterocycles. The van der Waals surface area contributed by atoms with Gasteiger partial charge in [-0.1, -0.05) is 0 Å². The SMILES string of the molecule is CC[n+]1c(/C=C/C=C2\[Te]c3ccccc3N2C)sc2ccc3ccccc3c21. The molecule has 0 radical (unpaired) electrons. The predicted molar refractivity (Wildman–Crippen MR) is 123 cm³/mol. The Bertz CT molecular complexity index is 1250. The minimum absolute atomic E-state index is 0.288. The molecule has 4 aromatic rings. The third-order valence-corrected chi connectivity index (χ3v) is 9.67. The number of aryl methyl sites for hydroxylation is 1. The van der Waals surface area contributed by atoms with E-state index in [0.29, 0.717) is 0 Å². The summed E-state index contributed by atoms with van der Waals surface area (Å²) in [6.07, 6.45) is 6.83. The van der Waals surface area contributed by atoms with Crippen LogP contribution in [0.2, 0.25) is 0 Å². The number of para-hydroxylation sites is 1. The summed E-state index contributed by atoms with van der Waals surface area (Å²) >= 11 is 1.59. The van der Waals surface area contributed by atoms with Crippen molar-refractivity contribution in [3.05, 3.63) is 81.6 Å². The molecule has 0 amide bonds. The van der Waals surface area contributed by atoms with Crippen LogP contribution in [0.3, 0.4) is 0 Å². The Kier molecular flexibility index (Phi) is 4.72. The summed E-state index contributed by atoms with van der Waals surface area (Å²) in [4.78, 5) is 2.36. The fourth-order valence-electron chi connectivity index (χ4n) is 3.79. The third-order valence-electron chi connectivity index (χ3n) is 5.18. The van der Waals surface area contributed by atoms with Crippen molar-refractivity contribution < 1.29 is 4.57 Å². The van der Waals surface area contributed by atoms with Gasteiger partial charge < -0.3 is 0 Å². The first-order chi connectivity index (χ1) is 13.8. The molecule has 0 fully saturated rings. The molecule has 138 valence electrons. The summed E-state index contributed by atoms with van der Waals surface area (Å²) in [5.41, 5.74) is 2.73. The normalized spacial score (nSPS) is 15.4. The zero-order valence-electron chi connectivity index (χ0n) is 15.9. The van der Waals surface area contributed by atoms with Gasteiger partial charge in [-0.15, -0.1) is 0 Å². The van der Waals surface area contributed by atoms with Gasteiger partial charge in [-0.25, -0.2) is 0 Å². The number of allylic oxidation sites excluding steroid dienone is 2. The Balaban J connectivity index is 1.53. The average Bonchev–Trinajstić information content (AvgIpc) is 3.26. The zero-order chi connectivity index (χ0) is 19.1. The molecule has 0 atom stereocenters. The summed E-state index contributed by atoms with van der Waals surface area (Å²) < 4.78 is 6.80. The van der Waals surface area contributed by atoms with Crippen LogP contribution in [0.25, 0.3) is 27.1 Å². The molecule has 2 nitrogen and oxygen atoms in total. The first kappa shape index (κ1) is 17.9. The Morgan fingerprint density at radius 2 is 1.86 bits per heavy atom. The van der Waals surface area contributed by atoms with Gasteiger partial charge in [-0.2, -0.15) is 0 Å². The van der Waals surface area contributed by atoms with E-state index < -0.39 is 0 Å². The van der Waals surface area contributed by atoms with Crippen molar-refractivity contribution in [1.29, 1.82) is 0 Å². The number of nitrogens with zero attached hydrogens (tertiary/aromatic N) is 2. The van der Waals surface area contributed by atoms with Gasteiger partial charge in [0, 0.05) is 0 Å². The summed E-state index contributed by atoms with van der Waals surface area (Å²) in [5.74, 6) is 0. The molecular formula is C24H21N2STe+. The Morgan fingerprint density at radius 1 is 1.04 bits per heavy atom. The van der Waals surface area contributed by atoms with Gasteiger partial charge in [0.25, 0.3) is 0 Å². The van der Waals surface area contributed by atoms with Crippen molar-refractivity contribution in [1.82, 2.24) is 0 Å². The van der Waals surface area contributed by atoms with Crippen molar-refractivity contribution in [3.63, 3.8) is 0 Å². The van der Waals surface area contributed by atoms with Crippen LogP contribution in [0.5, 0.6) is 0 Å². The van der Waals surface area contributed by atoms with Crippen molar-refractivity contribution in [3.8, 4) is 0 Å². The Hall–Kier alpha value is -2.12. The van der Waals surface area contributed by atoms with E-state index in [9.17, 15) is 0 Å². The van der Waals surface area contributed by atoms with E-state index in [1.807, 2.05) is 11.3 Å². The van der Waals surface area contributed by atoms with Gasteiger partial charge in [-0.3, -0.25) is 0 Å². The Labute approximate surface area is 179 Å². The number of benzene rings is 3. The fourth-order valence-corrected chi connectivity index (χ4v) is 7.98. The molecule has 4 heteroatoms. The van der Waals surface area contributed by atoms with E-state index in [1.165, 1.54) is 39.0 Å². The molecule has 2 heterocycles. The van der Waals surface area contributed by atoms with Gasteiger partial charge in [-0.05, 0) is 0 Å². The second kappa shape index (κ2) is 7.37. The third kappa shape index (κ3) is 2.97. The van der Waals surface area contributed by atoms with E-state index in [4.69, 9.17) is 0 Å². The summed E-state index contributed by atoms with van der Waals surface area (Å²) in [6.45, 7) is 3.21. The molecule has 28 heavy (non-hydrogen) atoms. The number of anilines is 1. The summed E-state index contributed by atoms with van der Waals surface area (Å²) in [6, 6.07) is 22.0. The van der Waals surface area contributed by atoms with Crippen molar-refractivity contribution in [2.24, 2.45) is 0 Å². The summed E-state index contributed by atoms with van der Waals surface area (Å²) in [5, 5.41) is 3.96. The van der Waals surface area contributed by atoms with Crippen LogP contribution < -0.4 is 13.1 Å². The second-order valence-corrected chi connectivity index (χ2v) is 10.9. The van der Waals surface area contributed by atoms with Gasteiger partial charge >= 0.3 is 180 Å². The molecule has 1 aliphatic heterocycles. The zero-order valence-corrected chi connectivity index (χ0v) is 19.1. The van der Waals surface area contributed by atoms with Crippen LogP contribution in [0.15, 0.2) is 76.6 Å². The topological polar surface area (TPSA) is 7.12 Å². The van der Waals surface area contributed by atoms with Crippen molar-refractivity contribution in [2.75, 3.05) is 11.9 Å². The first-order valence-electron chi connectivity index (χ1n) is 9.49. The van der Waals surface area contributed by atoms with E-state index in [0.717, 1.165) is 6.54 Å². The molecular weight excluding hydrogens is 476 g/mol. The maximum absolute atomic E-state index is 2.45. The van der Waals surface area contributed by atoms with Crippen molar-refractivity contribution >= 4 is 68.6 Å². The van der Waals surface area contributed by atoms with Crippen LogP contribution in [-0.4, -0.2) is 28.0 Å². The van der Waals surface area contributed by atoms with E-state index in [-0.39, 0.29) is 20.9 Å². The van der Waals surface area contributed by atoms with E-state index in [1.54, 1.807) is 0 Å². The Morgan fingerprint density at radius 3 is 2.71 bits per heavy atom. The van der Waals surface area contributed by atoms with Gasteiger partial charge in [0.05, 0.1) is 0 Å². The number of rotatable bonds is 3. The number of thiazole rings is 1. The fraction of sp³-hybridized carbons (Fsp3) is 0.125. The van der Waals surface area contributed by atoms with Gasteiger partial charge in [0.15, 0.2) is 0 Å². The predicted octanol–water partition coefficient (Wildman–Crippen LogP) is 4.70. The first-order valence-corrected chi connectivity index (χ1v) is 12.6. The van der Waals surface area contributed by atoms with Gasteiger partial charge in [0.2, 0.25) is 0 Å². The van der Waals surface area contributed by atoms with Crippen molar-refractivity contribution in [2.45, 2.75) is 13.5 Å². The molecule has 0 N–H and O–H groups in total. The number of hydrogen-bond acceptors (Lipinski definition) is 2. The quantitative estimate of drug-likeness (QED) is 0.294. The van der Waals surface area contributed by atoms with E-state index in [2.05, 4.69) is 102 Å². The number of fused-ring (bicyclic) bond motifs is 4. The van der Waals surface area contributed by atoms with Gasteiger partial charge in [0.1, 0.15) is 0 Å². The molecule has 0 saturated heterocycles. The number of hydrogen-bond donors (Lipinski definition) is 0.